The van der Waals surface area contributed by atoms with Crippen molar-refractivity contribution in [2.75, 3.05) is 22.4 Å². The molecule has 0 aromatic heterocycles. The van der Waals surface area contributed by atoms with Crippen LogP contribution in [0.25, 0.3) is 0 Å². The van der Waals surface area contributed by atoms with E-state index in [0.29, 0.717) is 17.1 Å². The first-order valence-electron chi connectivity index (χ1n) is 8.68. The lowest BCUT2D eigenvalue weighted by Crippen LogP contribution is -2.37. The molecule has 0 saturated carbocycles. The highest BCUT2D eigenvalue weighted by atomic mass is 32.2. The van der Waals surface area contributed by atoms with Crippen LogP contribution in [0, 0.1) is 13.8 Å². The van der Waals surface area contributed by atoms with Crippen molar-refractivity contribution < 1.29 is 17.9 Å². The van der Waals surface area contributed by atoms with Crippen molar-refractivity contribution in [1.29, 1.82) is 0 Å². The van der Waals surface area contributed by atoms with Crippen LogP contribution >= 0.6 is 0 Å². The van der Waals surface area contributed by atoms with Gasteiger partial charge >= 0.3 is 0 Å². The van der Waals surface area contributed by atoms with Crippen molar-refractivity contribution in [3.63, 3.8) is 0 Å². The van der Waals surface area contributed by atoms with Crippen LogP contribution in [-0.2, 0) is 14.8 Å². The number of hydrogen-bond donors (Lipinski definition) is 1. The zero-order valence-corrected chi connectivity index (χ0v) is 17.1. The molecule has 1 N–H and O–H groups in total. The van der Waals surface area contributed by atoms with Crippen molar-refractivity contribution in [3.8, 4) is 5.75 Å². The number of aryl methyl sites for hydroxylation is 2. The molecule has 0 heterocycles. The van der Waals surface area contributed by atoms with E-state index in [1.54, 1.807) is 24.3 Å². The Morgan fingerprint density at radius 3 is 2.44 bits per heavy atom. The number of amides is 1. The summed E-state index contributed by atoms with van der Waals surface area (Å²) in [5.74, 6) is 0.133. The van der Waals surface area contributed by atoms with E-state index < -0.39 is 15.9 Å². The van der Waals surface area contributed by atoms with E-state index in [4.69, 9.17) is 4.74 Å². The van der Waals surface area contributed by atoms with Gasteiger partial charge in [0.05, 0.1) is 18.0 Å². The third kappa shape index (κ3) is 5.99. The molecule has 0 fully saturated rings. The number of ether oxygens (including phenoxy) is 1. The third-order valence-corrected chi connectivity index (χ3v) is 4.96. The molecule has 0 bridgehead atoms. The molecule has 2 aromatic rings. The van der Waals surface area contributed by atoms with E-state index in [9.17, 15) is 13.2 Å². The average molecular weight is 391 g/mol. The lowest BCUT2D eigenvalue weighted by Gasteiger charge is -2.23. The Balaban J connectivity index is 2.23. The van der Waals surface area contributed by atoms with Crippen molar-refractivity contribution in [3.05, 3.63) is 53.6 Å². The number of rotatable bonds is 7. The Kier molecular flexibility index (Phi) is 6.49. The summed E-state index contributed by atoms with van der Waals surface area (Å²) in [6, 6.07) is 12.4. The van der Waals surface area contributed by atoms with Gasteiger partial charge in [0.25, 0.3) is 0 Å². The zero-order chi connectivity index (χ0) is 20.2. The van der Waals surface area contributed by atoms with Crippen LogP contribution in [0.15, 0.2) is 42.5 Å². The van der Waals surface area contributed by atoms with Crippen LogP contribution < -0.4 is 14.4 Å². The van der Waals surface area contributed by atoms with E-state index in [-0.39, 0.29) is 12.6 Å². The Morgan fingerprint density at radius 1 is 1.15 bits per heavy atom. The van der Waals surface area contributed by atoms with Crippen molar-refractivity contribution in [2.45, 2.75) is 33.8 Å². The molecular formula is C20H26N2O4S. The number of sulfonamides is 1. The van der Waals surface area contributed by atoms with Crippen molar-refractivity contribution >= 4 is 27.3 Å². The van der Waals surface area contributed by atoms with Crippen LogP contribution in [0.5, 0.6) is 5.75 Å². The number of benzene rings is 2. The van der Waals surface area contributed by atoms with Crippen LogP contribution in [0.3, 0.4) is 0 Å². The predicted octanol–water partition coefficient (Wildman–Crippen LogP) is 3.50. The minimum absolute atomic E-state index is 0.0419. The molecule has 0 saturated heterocycles. The first kappa shape index (κ1) is 20.8. The summed E-state index contributed by atoms with van der Waals surface area (Å²) in [4.78, 5) is 12.5. The zero-order valence-electron chi connectivity index (χ0n) is 16.3. The van der Waals surface area contributed by atoms with Gasteiger partial charge in [0.1, 0.15) is 12.3 Å². The first-order chi connectivity index (χ1) is 12.6. The van der Waals surface area contributed by atoms with E-state index in [1.807, 2.05) is 45.9 Å². The Bertz CT molecular complexity index is 923. The highest BCUT2D eigenvalue weighted by Gasteiger charge is 2.21. The number of carbonyl (C=O) groups excluding carboxylic acids is 1. The highest BCUT2D eigenvalue weighted by Crippen LogP contribution is 2.24. The van der Waals surface area contributed by atoms with Crippen LogP contribution in [0.1, 0.15) is 25.0 Å². The molecule has 2 rings (SSSR count). The lowest BCUT2D eigenvalue weighted by atomic mass is 10.1. The Labute approximate surface area is 161 Å². The molecular weight excluding hydrogens is 364 g/mol. The fourth-order valence-corrected chi connectivity index (χ4v) is 3.51. The quantitative estimate of drug-likeness (QED) is 0.785. The molecule has 6 nitrogen and oxygen atoms in total. The maximum atomic E-state index is 12.5. The van der Waals surface area contributed by atoms with Gasteiger partial charge in [0.15, 0.2) is 0 Å². The topological polar surface area (TPSA) is 75.7 Å². The molecule has 0 radical (unpaired) electrons. The lowest BCUT2D eigenvalue weighted by molar-refractivity contribution is -0.114. The number of hydrogen-bond acceptors (Lipinski definition) is 4. The predicted molar refractivity (Wildman–Crippen MR) is 109 cm³/mol. The van der Waals surface area contributed by atoms with Crippen LogP contribution in [0.4, 0.5) is 11.4 Å². The highest BCUT2D eigenvalue weighted by molar-refractivity contribution is 7.92. The van der Waals surface area contributed by atoms with Crippen LogP contribution in [-0.4, -0.2) is 33.2 Å². The van der Waals surface area contributed by atoms with E-state index >= 15 is 0 Å². The summed E-state index contributed by atoms with van der Waals surface area (Å²) in [7, 11) is -3.65. The molecule has 0 aliphatic carbocycles. The third-order valence-electron chi connectivity index (χ3n) is 3.82. The summed E-state index contributed by atoms with van der Waals surface area (Å²) >= 11 is 0. The summed E-state index contributed by atoms with van der Waals surface area (Å²) in [6.45, 7) is 7.31. The van der Waals surface area contributed by atoms with Gasteiger partial charge in [-0.15, -0.1) is 0 Å². The molecule has 1 amide bonds. The smallest absolute Gasteiger partial charge is 0.245 e. The maximum absolute atomic E-state index is 12.5. The fourth-order valence-electron chi connectivity index (χ4n) is 2.66. The van der Waals surface area contributed by atoms with Gasteiger partial charge in [-0.05, 0) is 51.5 Å². The monoisotopic (exact) mass is 390 g/mol. The fraction of sp³-hybridized carbons (Fsp3) is 0.350. The molecule has 2 aromatic carbocycles. The molecule has 0 aliphatic rings. The SMILES string of the molecule is Cc1ccc(NC(=O)CN(c2cccc(OC(C)C)c2)S(C)(=O)=O)c(C)c1. The summed E-state index contributed by atoms with van der Waals surface area (Å²) in [5.41, 5.74) is 3.05. The summed E-state index contributed by atoms with van der Waals surface area (Å²) in [5, 5.41) is 2.78. The largest absolute Gasteiger partial charge is 0.491 e. The number of nitrogens with zero attached hydrogens (tertiary/aromatic N) is 1. The second-order valence-corrected chi connectivity index (χ2v) is 8.71. The molecule has 0 spiro atoms. The molecule has 0 atom stereocenters. The Morgan fingerprint density at radius 2 is 1.85 bits per heavy atom. The van der Waals surface area contributed by atoms with E-state index in [0.717, 1.165) is 21.7 Å². The summed E-state index contributed by atoms with van der Waals surface area (Å²) < 4.78 is 31.2. The minimum Gasteiger partial charge on any atom is -0.491 e. The number of anilines is 2. The average Bonchev–Trinajstić information content (AvgIpc) is 2.54. The molecule has 27 heavy (non-hydrogen) atoms. The number of carbonyl (C=O) groups is 1. The van der Waals surface area contributed by atoms with E-state index in [2.05, 4.69) is 5.32 Å². The minimum atomic E-state index is -3.65. The summed E-state index contributed by atoms with van der Waals surface area (Å²) in [6.07, 6.45) is 1.03. The second-order valence-electron chi connectivity index (χ2n) is 6.80. The van der Waals surface area contributed by atoms with Gasteiger partial charge < -0.3 is 10.1 Å². The van der Waals surface area contributed by atoms with E-state index in [1.165, 1.54) is 0 Å². The van der Waals surface area contributed by atoms with Gasteiger partial charge in [0.2, 0.25) is 15.9 Å². The molecule has 7 heteroatoms. The number of nitrogens with one attached hydrogen (secondary N) is 1. The van der Waals surface area contributed by atoms with Gasteiger partial charge in [-0.1, -0.05) is 23.8 Å². The Hall–Kier alpha value is -2.54. The normalized spacial score (nSPS) is 11.3. The first-order valence-corrected chi connectivity index (χ1v) is 10.5. The molecule has 0 aliphatic heterocycles. The second kappa shape index (κ2) is 8.43. The standard InChI is InChI=1S/C20H26N2O4S/c1-14(2)26-18-8-6-7-17(12-18)22(27(5,24)25)13-20(23)21-19-10-9-15(3)11-16(19)4/h6-12,14H,13H2,1-5H3,(H,21,23). The maximum Gasteiger partial charge on any atom is 0.245 e. The van der Waals surface area contributed by atoms with Gasteiger partial charge in [0, 0.05) is 11.8 Å². The van der Waals surface area contributed by atoms with Crippen molar-refractivity contribution in [1.82, 2.24) is 0 Å². The van der Waals surface area contributed by atoms with Crippen LogP contribution in [0.2, 0.25) is 0 Å². The van der Waals surface area contributed by atoms with Crippen molar-refractivity contribution in [2.24, 2.45) is 0 Å². The van der Waals surface area contributed by atoms with Gasteiger partial charge in [-0.2, -0.15) is 0 Å². The molecule has 0 unspecified atom stereocenters. The van der Waals surface area contributed by atoms with Gasteiger partial charge in [-0.3, -0.25) is 9.10 Å². The molecule has 146 valence electrons. The van der Waals surface area contributed by atoms with Gasteiger partial charge in [-0.25, -0.2) is 8.42 Å².